The Morgan fingerprint density at radius 1 is 1.30 bits per heavy atom. The molecule has 0 bridgehead atoms. The smallest absolute Gasteiger partial charge is 0.244 e. The van der Waals surface area contributed by atoms with Gasteiger partial charge in [0.05, 0.1) is 0 Å². The minimum absolute atomic E-state index is 0.0664. The Hall–Kier alpha value is -1.35. The predicted octanol–water partition coefficient (Wildman–Crippen LogP) is 2.76. The maximum Gasteiger partial charge on any atom is 0.244 e. The first-order valence-electron chi connectivity index (χ1n) is 7.60. The Bertz CT molecular complexity index is 588. The van der Waals surface area contributed by atoms with Gasteiger partial charge < -0.3 is 4.90 Å². The molecular formula is C17H22N2O. The summed E-state index contributed by atoms with van der Waals surface area (Å²) in [6.45, 7) is 6.63. The van der Waals surface area contributed by atoms with Crippen LogP contribution in [-0.4, -0.2) is 22.4 Å². The number of amides is 1. The van der Waals surface area contributed by atoms with E-state index in [1.165, 1.54) is 11.1 Å². The topological polar surface area (TPSA) is 32.3 Å². The molecule has 1 spiro atoms. The number of rotatable bonds is 2. The minimum atomic E-state index is -0.229. The molecule has 1 aliphatic heterocycles. The van der Waals surface area contributed by atoms with E-state index in [-0.39, 0.29) is 17.1 Å². The highest BCUT2D eigenvalue weighted by Crippen LogP contribution is 2.56. The van der Waals surface area contributed by atoms with Crippen LogP contribution in [0.2, 0.25) is 0 Å². The van der Waals surface area contributed by atoms with Gasteiger partial charge in [0.25, 0.3) is 0 Å². The van der Waals surface area contributed by atoms with Gasteiger partial charge >= 0.3 is 0 Å². The number of hydrogen-bond donors (Lipinski definition) is 1. The van der Waals surface area contributed by atoms with E-state index < -0.39 is 0 Å². The first kappa shape index (κ1) is 12.4. The average molecular weight is 270 g/mol. The number of nitrogens with one attached hydrogen (secondary N) is 1. The van der Waals surface area contributed by atoms with Crippen LogP contribution in [0.25, 0.3) is 0 Å². The second-order valence-electron chi connectivity index (χ2n) is 7.46. The molecule has 0 aromatic heterocycles. The molecule has 0 radical (unpaired) electrons. The fourth-order valence-electron chi connectivity index (χ4n) is 3.56. The average Bonchev–Trinajstić information content (AvgIpc) is 3.25. The van der Waals surface area contributed by atoms with Crippen molar-refractivity contribution in [2.24, 2.45) is 5.41 Å². The van der Waals surface area contributed by atoms with Crippen molar-refractivity contribution >= 4 is 5.91 Å². The second-order valence-corrected chi connectivity index (χ2v) is 7.46. The van der Waals surface area contributed by atoms with Gasteiger partial charge in [-0.15, -0.1) is 0 Å². The van der Waals surface area contributed by atoms with E-state index in [1.807, 2.05) is 0 Å². The van der Waals surface area contributed by atoms with Crippen LogP contribution < -0.4 is 5.32 Å². The van der Waals surface area contributed by atoms with Crippen molar-refractivity contribution in [2.45, 2.75) is 57.8 Å². The van der Waals surface area contributed by atoms with Crippen LogP contribution in [0.5, 0.6) is 0 Å². The number of carbonyl (C=O) groups excluding carboxylic acids is 1. The normalized spacial score (nSPS) is 32.8. The van der Waals surface area contributed by atoms with E-state index in [0.29, 0.717) is 11.9 Å². The molecule has 1 saturated heterocycles. The number of carbonyl (C=O) groups is 1. The molecule has 4 rings (SSSR count). The van der Waals surface area contributed by atoms with Crippen molar-refractivity contribution < 1.29 is 4.79 Å². The number of benzene rings is 1. The Labute approximate surface area is 120 Å². The van der Waals surface area contributed by atoms with Crippen LogP contribution in [0, 0.1) is 12.3 Å². The van der Waals surface area contributed by atoms with Crippen molar-refractivity contribution in [3.63, 3.8) is 0 Å². The molecular weight excluding hydrogens is 248 g/mol. The van der Waals surface area contributed by atoms with Gasteiger partial charge in [-0.05, 0) is 37.2 Å². The summed E-state index contributed by atoms with van der Waals surface area (Å²) < 4.78 is 0. The van der Waals surface area contributed by atoms with Crippen molar-refractivity contribution in [3.8, 4) is 0 Å². The van der Waals surface area contributed by atoms with Crippen LogP contribution in [-0.2, 0) is 4.79 Å². The fraction of sp³-hybridized carbons (Fsp3) is 0.588. The van der Waals surface area contributed by atoms with Crippen molar-refractivity contribution in [1.29, 1.82) is 0 Å². The van der Waals surface area contributed by atoms with Gasteiger partial charge in [-0.2, -0.15) is 0 Å². The van der Waals surface area contributed by atoms with E-state index >= 15 is 0 Å². The van der Waals surface area contributed by atoms with E-state index in [1.54, 1.807) is 0 Å². The summed E-state index contributed by atoms with van der Waals surface area (Å²) in [7, 11) is 0. The first-order valence-corrected chi connectivity index (χ1v) is 7.60. The Morgan fingerprint density at radius 3 is 2.55 bits per heavy atom. The molecule has 3 heteroatoms. The lowest BCUT2D eigenvalue weighted by atomic mass is 10.1. The summed E-state index contributed by atoms with van der Waals surface area (Å²) in [6, 6.07) is 8.94. The zero-order chi connectivity index (χ0) is 14.1. The van der Waals surface area contributed by atoms with Gasteiger partial charge in [-0.3, -0.25) is 10.1 Å². The Kier molecular flexibility index (Phi) is 2.26. The molecule has 2 unspecified atom stereocenters. The maximum absolute atomic E-state index is 12.8. The highest BCUT2D eigenvalue weighted by molar-refractivity contribution is 5.92. The molecule has 3 nitrogen and oxygen atoms in total. The lowest BCUT2D eigenvalue weighted by molar-refractivity contribution is -0.131. The SMILES string of the molecule is Cc1cccc(C2NC3(CC3)C(=O)N2C2CC2(C)C)c1. The maximum atomic E-state index is 12.8. The fourth-order valence-corrected chi connectivity index (χ4v) is 3.56. The van der Waals surface area contributed by atoms with Crippen molar-refractivity contribution in [1.82, 2.24) is 10.2 Å². The van der Waals surface area contributed by atoms with Crippen molar-refractivity contribution in [3.05, 3.63) is 35.4 Å². The molecule has 1 N–H and O–H groups in total. The van der Waals surface area contributed by atoms with Gasteiger partial charge in [-0.25, -0.2) is 0 Å². The molecule has 1 heterocycles. The second kappa shape index (κ2) is 3.64. The van der Waals surface area contributed by atoms with Crippen LogP contribution in [0.4, 0.5) is 0 Å². The predicted molar refractivity (Wildman–Crippen MR) is 78.1 cm³/mol. The molecule has 20 heavy (non-hydrogen) atoms. The van der Waals surface area contributed by atoms with Gasteiger partial charge in [-0.1, -0.05) is 43.7 Å². The van der Waals surface area contributed by atoms with E-state index in [2.05, 4.69) is 55.3 Å². The van der Waals surface area contributed by atoms with E-state index in [4.69, 9.17) is 0 Å². The zero-order valence-electron chi connectivity index (χ0n) is 12.4. The molecule has 106 valence electrons. The van der Waals surface area contributed by atoms with Gasteiger partial charge in [0.1, 0.15) is 11.7 Å². The summed E-state index contributed by atoms with van der Waals surface area (Å²) in [6.07, 6.45) is 3.19. The lowest BCUT2D eigenvalue weighted by Gasteiger charge is -2.26. The molecule has 2 aliphatic carbocycles. The Morgan fingerprint density at radius 2 is 2.00 bits per heavy atom. The third-order valence-electron chi connectivity index (χ3n) is 5.24. The zero-order valence-corrected chi connectivity index (χ0v) is 12.4. The van der Waals surface area contributed by atoms with Crippen LogP contribution in [0.15, 0.2) is 24.3 Å². The standard InChI is InChI=1S/C17H22N2O/c1-11-5-4-6-12(9-11)14-18-17(7-8-17)15(20)19(14)13-10-16(13,2)3/h4-6,9,13-14,18H,7-8,10H2,1-3H3. The van der Waals surface area contributed by atoms with Crippen molar-refractivity contribution in [2.75, 3.05) is 0 Å². The monoisotopic (exact) mass is 270 g/mol. The summed E-state index contributed by atoms with van der Waals surface area (Å²) in [5, 5.41) is 3.62. The summed E-state index contributed by atoms with van der Waals surface area (Å²) in [5.74, 6) is 0.333. The third kappa shape index (κ3) is 1.65. The molecule has 2 saturated carbocycles. The van der Waals surface area contributed by atoms with Gasteiger partial charge in [0.15, 0.2) is 0 Å². The molecule has 1 aromatic rings. The summed E-state index contributed by atoms with van der Waals surface area (Å²) in [5.41, 5.74) is 2.53. The third-order valence-corrected chi connectivity index (χ3v) is 5.24. The highest BCUT2D eigenvalue weighted by atomic mass is 16.2. The van der Waals surface area contributed by atoms with Gasteiger partial charge in [0.2, 0.25) is 5.91 Å². The van der Waals surface area contributed by atoms with Gasteiger partial charge in [0, 0.05) is 6.04 Å². The largest absolute Gasteiger partial charge is 0.318 e. The lowest BCUT2D eigenvalue weighted by Crippen LogP contribution is -2.35. The number of aryl methyl sites for hydroxylation is 1. The highest BCUT2D eigenvalue weighted by Gasteiger charge is 2.65. The molecule has 1 amide bonds. The van der Waals surface area contributed by atoms with Crippen LogP contribution in [0.3, 0.4) is 0 Å². The first-order chi connectivity index (χ1) is 9.43. The molecule has 3 aliphatic rings. The van der Waals surface area contributed by atoms with Crippen LogP contribution in [0.1, 0.15) is 50.4 Å². The Balaban J connectivity index is 1.72. The number of hydrogen-bond acceptors (Lipinski definition) is 2. The quantitative estimate of drug-likeness (QED) is 0.896. The number of nitrogens with zero attached hydrogens (tertiary/aromatic N) is 1. The van der Waals surface area contributed by atoms with E-state index in [9.17, 15) is 4.79 Å². The molecule has 1 aromatic carbocycles. The molecule has 3 fully saturated rings. The minimum Gasteiger partial charge on any atom is -0.318 e. The summed E-state index contributed by atoms with van der Waals surface area (Å²) >= 11 is 0. The molecule has 2 atom stereocenters. The van der Waals surface area contributed by atoms with E-state index in [0.717, 1.165) is 19.3 Å². The van der Waals surface area contributed by atoms with Crippen LogP contribution >= 0.6 is 0 Å². The summed E-state index contributed by atoms with van der Waals surface area (Å²) in [4.78, 5) is 14.9.